The van der Waals surface area contributed by atoms with Gasteiger partial charge in [-0.05, 0) is 42.7 Å². The van der Waals surface area contributed by atoms with E-state index in [0.717, 1.165) is 25.2 Å². The number of carbonyl (C=O) groups excluding carboxylic acids is 1. The van der Waals surface area contributed by atoms with Gasteiger partial charge < -0.3 is 10.1 Å². The molecule has 1 N–H and O–H groups in total. The summed E-state index contributed by atoms with van der Waals surface area (Å²) in [4.78, 5) is 15.8. The number of hydrogen-bond acceptors (Lipinski definition) is 3. The Morgan fingerprint density at radius 1 is 1.24 bits per heavy atom. The van der Waals surface area contributed by atoms with Crippen LogP contribution in [0.5, 0.6) is 5.75 Å². The minimum Gasteiger partial charge on any atom is -0.494 e. The van der Waals surface area contributed by atoms with Crippen LogP contribution in [0.1, 0.15) is 29.3 Å². The lowest BCUT2D eigenvalue weighted by atomic mass is 10.1. The molecule has 0 bridgehead atoms. The van der Waals surface area contributed by atoms with Gasteiger partial charge in [-0.1, -0.05) is 19.1 Å². The number of ether oxygens (including phenoxy) is 1. The van der Waals surface area contributed by atoms with Crippen molar-refractivity contribution in [3.8, 4) is 5.75 Å². The Bertz CT molecular complexity index is 553. The molecule has 0 atom stereocenters. The maximum Gasteiger partial charge on any atom is 0.252 e. The third-order valence-corrected chi connectivity index (χ3v) is 3.02. The van der Waals surface area contributed by atoms with E-state index in [-0.39, 0.29) is 5.91 Å². The summed E-state index contributed by atoms with van der Waals surface area (Å²) in [6.07, 6.45) is 5.01. The number of hydrogen-bond donors (Lipinski definition) is 1. The van der Waals surface area contributed by atoms with Gasteiger partial charge in [0, 0.05) is 18.9 Å². The Kier molecular flexibility index (Phi) is 5.76. The molecule has 1 heterocycles. The maximum absolute atomic E-state index is 11.8. The van der Waals surface area contributed by atoms with Crippen molar-refractivity contribution in [1.29, 1.82) is 0 Å². The Morgan fingerprint density at radius 3 is 2.71 bits per heavy atom. The number of aromatic nitrogens is 1. The second-order valence-corrected chi connectivity index (χ2v) is 4.74. The van der Waals surface area contributed by atoms with E-state index in [2.05, 4.69) is 17.2 Å². The molecular weight excluding hydrogens is 264 g/mol. The van der Waals surface area contributed by atoms with Gasteiger partial charge in [0.05, 0.1) is 12.2 Å². The van der Waals surface area contributed by atoms with Crippen LogP contribution in [0.2, 0.25) is 0 Å². The summed E-state index contributed by atoms with van der Waals surface area (Å²) in [5.41, 5.74) is 1.76. The number of pyridine rings is 1. The standard InChI is InChI=1S/C17H20N2O2/c1-2-12-21-16-7-5-14(6-8-16)9-11-19-17(20)15-4-3-10-18-13-15/h3-8,10,13H,2,9,11-12H2,1H3,(H,19,20). The van der Waals surface area contributed by atoms with Crippen molar-refractivity contribution in [2.75, 3.05) is 13.2 Å². The topological polar surface area (TPSA) is 51.2 Å². The zero-order valence-corrected chi connectivity index (χ0v) is 12.2. The Hall–Kier alpha value is -2.36. The molecule has 0 radical (unpaired) electrons. The van der Waals surface area contributed by atoms with Gasteiger partial charge in [0.25, 0.3) is 5.91 Å². The van der Waals surface area contributed by atoms with Gasteiger partial charge in [-0.15, -0.1) is 0 Å². The van der Waals surface area contributed by atoms with Crippen molar-refractivity contribution in [3.63, 3.8) is 0 Å². The molecule has 21 heavy (non-hydrogen) atoms. The molecule has 1 aromatic carbocycles. The molecule has 1 amide bonds. The van der Waals surface area contributed by atoms with Crippen molar-refractivity contribution >= 4 is 5.91 Å². The maximum atomic E-state index is 11.8. The van der Waals surface area contributed by atoms with E-state index in [1.807, 2.05) is 24.3 Å². The predicted molar refractivity (Wildman–Crippen MR) is 82.5 cm³/mol. The summed E-state index contributed by atoms with van der Waals surface area (Å²) in [6.45, 7) is 3.42. The fourth-order valence-corrected chi connectivity index (χ4v) is 1.89. The molecule has 0 fully saturated rings. The Morgan fingerprint density at radius 2 is 2.05 bits per heavy atom. The molecule has 4 heteroatoms. The number of benzene rings is 1. The predicted octanol–water partition coefficient (Wildman–Crippen LogP) is 2.84. The highest BCUT2D eigenvalue weighted by molar-refractivity contribution is 5.93. The third-order valence-electron chi connectivity index (χ3n) is 3.02. The second-order valence-electron chi connectivity index (χ2n) is 4.74. The molecule has 0 saturated carbocycles. The van der Waals surface area contributed by atoms with E-state index < -0.39 is 0 Å². The van der Waals surface area contributed by atoms with Crippen LogP contribution >= 0.6 is 0 Å². The normalized spacial score (nSPS) is 10.1. The zero-order chi connectivity index (χ0) is 14.9. The lowest BCUT2D eigenvalue weighted by Gasteiger charge is -2.07. The Labute approximate surface area is 125 Å². The van der Waals surface area contributed by atoms with Crippen LogP contribution in [0.4, 0.5) is 0 Å². The number of nitrogens with one attached hydrogen (secondary N) is 1. The summed E-state index contributed by atoms with van der Waals surface area (Å²) in [5, 5.41) is 2.89. The summed E-state index contributed by atoms with van der Waals surface area (Å²) in [6, 6.07) is 11.5. The van der Waals surface area contributed by atoms with Crippen molar-refractivity contribution in [1.82, 2.24) is 10.3 Å². The molecule has 0 aliphatic rings. The van der Waals surface area contributed by atoms with Gasteiger partial charge in [0.15, 0.2) is 0 Å². The fraction of sp³-hybridized carbons (Fsp3) is 0.294. The van der Waals surface area contributed by atoms with E-state index in [0.29, 0.717) is 12.1 Å². The smallest absolute Gasteiger partial charge is 0.252 e. The first-order chi connectivity index (χ1) is 10.3. The van der Waals surface area contributed by atoms with Crippen LogP contribution in [-0.4, -0.2) is 24.0 Å². The fourth-order valence-electron chi connectivity index (χ4n) is 1.89. The summed E-state index contributed by atoms with van der Waals surface area (Å²) >= 11 is 0. The highest BCUT2D eigenvalue weighted by atomic mass is 16.5. The molecule has 0 aliphatic carbocycles. The molecule has 1 aromatic heterocycles. The second kappa shape index (κ2) is 8.04. The SMILES string of the molecule is CCCOc1ccc(CCNC(=O)c2cccnc2)cc1. The van der Waals surface area contributed by atoms with Gasteiger partial charge in [-0.3, -0.25) is 9.78 Å². The van der Waals surface area contributed by atoms with Crippen molar-refractivity contribution in [3.05, 3.63) is 59.9 Å². The Balaban J connectivity index is 1.77. The van der Waals surface area contributed by atoms with Crippen molar-refractivity contribution in [2.45, 2.75) is 19.8 Å². The number of nitrogens with zero attached hydrogens (tertiary/aromatic N) is 1. The first-order valence-electron chi connectivity index (χ1n) is 7.19. The van der Waals surface area contributed by atoms with Gasteiger partial charge in [0.2, 0.25) is 0 Å². The van der Waals surface area contributed by atoms with Crippen molar-refractivity contribution < 1.29 is 9.53 Å². The summed E-state index contributed by atoms with van der Waals surface area (Å²) in [5.74, 6) is 0.797. The van der Waals surface area contributed by atoms with E-state index in [1.165, 1.54) is 5.56 Å². The molecule has 2 rings (SSSR count). The van der Waals surface area contributed by atoms with E-state index >= 15 is 0 Å². The molecule has 0 saturated heterocycles. The van der Waals surface area contributed by atoms with Crippen LogP contribution < -0.4 is 10.1 Å². The number of amides is 1. The number of rotatable bonds is 7. The van der Waals surface area contributed by atoms with Gasteiger partial charge in [-0.2, -0.15) is 0 Å². The lowest BCUT2D eigenvalue weighted by Crippen LogP contribution is -2.25. The monoisotopic (exact) mass is 284 g/mol. The first-order valence-corrected chi connectivity index (χ1v) is 7.19. The summed E-state index contributed by atoms with van der Waals surface area (Å²) < 4.78 is 5.53. The van der Waals surface area contributed by atoms with Crippen LogP contribution in [0, 0.1) is 0 Å². The molecule has 0 spiro atoms. The van der Waals surface area contributed by atoms with Crippen LogP contribution in [0.15, 0.2) is 48.8 Å². The van der Waals surface area contributed by atoms with E-state index in [1.54, 1.807) is 24.5 Å². The molecule has 0 aliphatic heterocycles. The van der Waals surface area contributed by atoms with Gasteiger partial charge in [0.1, 0.15) is 5.75 Å². The average Bonchev–Trinajstić information content (AvgIpc) is 2.55. The minimum absolute atomic E-state index is 0.0917. The number of carbonyl (C=O) groups is 1. The molecule has 4 nitrogen and oxygen atoms in total. The van der Waals surface area contributed by atoms with Gasteiger partial charge >= 0.3 is 0 Å². The highest BCUT2D eigenvalue weighted by Crippen LogP contribution is 2.12. The molecular formula is C17H20N2O2. The summed E-state index contributed by atoms with van der Waals surface area (Å²) in [7, 11) is 0. The van der Waals surface area contributed by atoms with Crippen LogP contribution in [0.25, 0.3) is 0 Å². The lowest BCUT2D eigenvalue weighted by molar-refractivity contribution is 0.0954. The highest BCUT2D eigenvalue weighted by Gasteiger charge is 2.04. The minimum atomic E-state index is -0.0917. The molecule has 2 aromatic rings. The molecule has 0 unspecified atom stereocenters. The third kappa shape index (κ3) is 4.91. The molecule has 110 valence electrons. The zero-order valence-electron chi connectivity index (χ0n) is 12.2. The van der Waals surface area contributed by atoms with Gasteiger partial charge in [-0.25, -0.2) is 0 Å². The van der Waals surface area contributed by atoms with Crippen molar-refractivity contribution in [2.24, 2.45) is 0 Å². The largest absolute Gasteiger partial charge is 0.494 e. The van der Waals surface area contributed by atoms with E-state index in [9.17, 15) is 4.79 Å². The first kappa shape index (κ1) is 15.0. The average molecular weight is 284 g/mol. The van der Waals surface area contributed by atoms with E-state index in [4.69, 9.17) is 4.74 Å². The van der Waals surface area contributed by atoms with Crippen LogP contribution in [0.3, 0.4) is 0 Å². The van der Waals surface area contributed by atoms with Crippen LogP contribution in [-0.2, 0) is 6.42 Å². The quantitative estimate of drug-likeness (QED) is 0.850.